The molecule has 1 heterocycles. The van der Waals surface area contributed by atoms with Gasteiger partial charge in [0.2, 0.25) is 0 Å². The van der Waals surface area contributed by atoms with Crippen molar-refractivity contribution in [3.05, 3.63) is 94.5 Å². The van der Waals surface area contributed by atoms with Gasteiger partial charge in [-0.3, -0.25) is 19.3 Å². The third-order valence-corrected chi connectivity index (χ3v) is 7.75. The topological polar surface area (TPSA) is 94.9 Å². The monoisotopic (exact) mass is 503 g/mol. The first-order chi connectivity index (χ1) is 17.4. The summed E-state index contributed by atoms with van der Waals surface area (Å²) in [6.45, 7) is -0.566. The van der Waals surface area contributed by atoms with Crippen LogP contribution in [-0.4, -0.2) is 45.9 Å². The molecule has 36 heavy (non-hydrogen) atoms. The molecule has 1 aliphatic heterocycles. The fraction of sp³-hybridized carbons (Fsp3) is 0.276. The molecule has 0 bridgehead atoms. The van der Waals surface area contributed by atoms with Gasteiger partial charge in [-0.15, -0.1) is 0 Å². The van der Waals surface area contributed by atoms with Crippen LogP contribution >= 0.6 is 11.6 Å². The van der Waals surface area contributed by atoms with E-state index in [0.717, 1.165) is 11.1 Å². The van der Waals surface area contributed by atoms with Crippen LogP contribution < -0.4 is 0 Å². The lowest BCUT2D eigenvalue weighted by Crippen LogP contribution is -2.39. The zero-order chi connectivity index (χ0) is 25.4. The highest BCUT2D eigenvalue weighted by molar-refractivity contribution is 6.30. The minimum Gasteiger partial charge on any atom is -0.389 e. The van der Waals surface area contributed by atoms with Crippen molar-refractivity contribution in [3.8, 4) is 11.1 Å². The summed E-state index contributed by atoms with van der Waals surface area (Å²) in [5.74, 6) is -2.53. The number of hydrogen-bond acceptors (Lipinski definition) is 5. The normalized spacial score (nSPS) is 22.1. The van der Waals surface area contributed by atoms with Crippen molar-refractivity contribution in [2.24, 2.45) is 17.8 Å². The van der Waals surface area contributed by atoms with Crippen LogP contribution in [0.3, 0.4) is 0 Å². The molecule has 6 nitrogen and oxygen atoms in total. The number of nitrogens with zero attached hydrogens (tertiary/aromatic N) is 1. The van der Waals surface area contributed by atoms with Crippen molar-refractivity contribution < 1.29 is 24.6 Å². The van der Waals surface area contributed by atoms with Crippen LogP contribution in [0.2, 0.25) is 5.02 Å². The van der Waals surface area contributed by atoms with E-state index in [0.29, 0.717) is 34.6 Å². The molecule has 7 heteroatoms. The molecule has 1 unspecified atom stereocenters. The number of Topliss-reactive ketones (excluding diaryl/α,β-unsaturated/α-hetero) is 1. The number of benzene rings is 3. The third-order valence-electron chi connectivity index (χ3n) is 7.50. The van der Waals surface area contributed by atoms with Gasteiger partial charge in [0.15, 0.2) is 5.78 Å². The van der Waals surface area contributed by atoms with Crippen molar-refractivity contribution in [2.75, 3.05) is 13.2 Å². The van der Waals surface area contributed by atoms with E-state index >= 15 is 0 Å². The summed E-state index contributed by atoms with van der Waals surface area (Å²) < 4.78 is 0. The molecular formula is C29H26ClNO5. The second-order valence-corrected chi connectivity index (χ2v) is 9.93. The molecule has 3 aromatic rings. The van der Waals surface area contributed by atoms with Crippen LogP contribution in [0.5, 0.6) is 0 Å². The molecule has 2 N–H and O–H groups in total. The molecule has 4 atom stereocenters. The van der Waals surface area contributed by atoms with Crippen molar-refractivity contribution in [1.82, 2.24) is 4.90 Å². The highest BCUT2D eigenvalue weighted by atomic mass is 35.5. The minimum atomic E-state index is -0.919. The first kappa shape index (κ1) is 24.4. The Kier molecular flexibility index (Phi) is 6.75. The molecule has 2 aliphatic rings. The number of rotatable bonds is 7. The summed E-state index contributed by atoms with van der Waals surface area (Å²) in [5, 5.41) is 21.6. The second kappa shape index (κ2) is 9.97. The van der Waals surface area contributed by atoms with E-state index in [2.05, 4.69) is 0 Å². The van der Waals surface area contributed by atoms with Crippen LogP contribution in [0, 0.1) is 17.8 Å². The molecule has 0 radical (unpaired) electrons. The molecular weight excluding hydrogens is 478 g/mol. The Morgan fingerprint density at radius 3 is 2.00 bits per heavy atom. The maximum Gasteiger partial charge on any atom is 0.261 e. The average Bonchev–Trinajstić information content (AvgIpc) is 3.43. The van der Waals surface area contributed by atoms with Crippen molar-refractivity contribution in [2.45, 2.75) is 18.9 Å². The van der Waals surface area contributed by atoms with Crippen LogP contribution in [0.1, 0.15) is 45.2 Å². The largest absolute Gasteiger partial charge is 0.389 e. The lowest BCUT2D eigenvalue weighted by Gasteiger charge is -2.29. The fourth-order valence-corrected chi connectivity index (χ4v) is 5.81. The molecule has 0 saturated heterocycles. The number of carbonyl (C=O) groups excluding carboxylic acids is 3. The van der Waals surface area contributed by atoms with Crippen molar-refractivity contribution >= 4 is 29.2 Å². The maximum atomic E-state index is 12.9. The summed E-state index contributed by atoms with van der Waals surface area (Å²) in [7, 11) is 0. The predicted octanol–water partition coefficient (Wildman–Crippen LogP) is 4.54. The van der Waals surface area contributed by atoms with Gasteiger partial charge in [-0.05, 0) is 65.6 Å². The lowest BCUT2D eigenvalue weighted by atomic mass is 9.80. The number of carbonyl (C=O) groups is 3. The first-order valence-corrected chi connectivity index (χ1v) is 12.4. The molecule has 1 fully saturated rings. The minimum absolute atomic E-state index is 0.0848. The van der Waals surface area contributed by atoms with Gasteiger partial charge >= 0.3 is 0 Å². The fourth-order valence-electron chi connectivity index (χ4n) is 5.68. The van der Waals surface area contributed by atoms with Crippen molar-refractivity contribution in [1.29, 1.82) is 0 Å². The molecule has 2 amide bonds. The molecule has 0 spiro atoms. The van der Waals surface area contributed by atoms with Gasteiger partial charge in [-0.2, -0.15) is 0 Å². The first-order valence-electron chi connectivity index (χ1n) is 12.0. The summed E-state index contributed by atoms with van der Waals surface area (Å²) in [5.41, 5.74) is 3.37. The Morgan fingerprint density at radius 1 is 0.889 bits per heavy atom. The van der Waals surface area contributed by atoms with E-state index in [4.69, 9.17) is 11.6 Å². The SMILES string of the molecule is O=C(CO)[C@@H]1C([C@@H](O)c2ccc(-c3ccc(Cl)cc3)cc2)CC[C@H]1CN1C(=O)c2ccccc2C1=O. The van der Waals surface area contributed by atoms with Crippen LogP contribution in [-0.2, 0) is 4.79 Å². The van der Waals surface area contributed by atoms with Gasteiger partial charge < -0.3 is 10.2 Å². The maximum absolute atomic E-state index is 12.9. The summed E-state index contributed by atoms with van der Waals surface area (Å²) in [4.78, 5) is 39.7. The standard InChI is InChI=1S/C29H26ClNO5/c30-21-12-9-18(10-13-21)17-5-7-19(8-6-17)27(34)24-14-11-20(26(24)25(33)16-32)15-31-28(35)22-3-1-2-4-23(22)29(31)36/h1-10,12-13,20,24,26-27,32,34H,11,14-16H2/t20-,24?,26-,27-/m0/s1. The number of fused-ring (bicyclic) bond motifs is 1. The quantitative estimate of drug-likeness (QED) is 0.461. The molecule has 184 valence electrons. The van der Waals surface area contributed by atoms with Gasteiger partial charge in [0.05, 0.1) is 17.2 Å². The number of amides is 2. The van der Waals surface area contributed by atoms with E-state index in [1.165, 1.54) is 4.90 Å². The number of halogens is 1. The van der Waals surface area contributed by atoms with E-state index in [1.54, 1.807) is 24.3 Å². The highest BCUT2D eigenvalue weighted by Crippen LogP contribution is 2.45. The van der Waals surface area contributed by atoms with Gasteiger partial charge in [0, 0.05) is 17.5 Å². The van der Waals surface area contributed by atoms with E-state index < -0.39 is 24.5 Å². The average molecular weight is 504 g/mol. The van der Waals surface area contributed by atoms with Gasteiger partial charge in [0.25, 0.3) is 11.8 Å². The molecule has 1 saturated carbocycles. The molecule has 0 aromatic heterocycles. The van der Waals surface area contributed by atoms with E-state index in [-0.39, 0.29) is 30.1 Å². The van der Waals surface area contributed by atoms with E-state index in [9.17, 15) is 24.6 Å². The second-order valence-electron chi connectivity index (χ2n) is 9.49. The number of aliphatic hydroxyl groups excluding tert-OH is 2. The Labute approximate surface area is 214 Å². The van der Waals surface area contributed by atoms with E-state index in [1.807, 2.05) is 48.5 Å². The van der Waals surface area contributed by atoms with Gasteiger partial charge in [-0.25, -0.2) is 0 Å². The zero-order valence-electron chi connectivity index (χ0n) is 19.5. The Balaban J connectivity index is 1.35. The number of ketones is 1. The van der Waals surface area contributed by atoms with Crippen LogP contribution in [0.25, 0.3) is 11.1 Å². The zero-order valence-corrected chi connectivity index (χ0v) is 20.3. The van der Waals surface area contributed by atoms with Crippen LogP contribution in [0.4, 0.5) is 0 Å². The predicted molar refractivity (Wildman–Crippen MR) is 135 cm³/mol. The summed E-state index contributed by atoms with van der Waals surface area (Å²) >= 11 is 5.98. The smallest absolute Gasteiger partial charge is 0.261 e. The Hall–Kier alpha value is -3.32. The summed E-state index contributed by atoms with van der Waals surface area (Å²) in [6.07, 6.45) is 0.190. The Bertz CT molecular complexity index is 1270. The molecule has 3 aromatic carbocycles. The number of imide groups is 1. The van der Waals surface area contributed by atoms with Crippen LogP contribution in [0.15, 0.2) is 72.8 Å². The number of hydrogen-bond donors (Lipinski definition) is 2. The number of aliphatic hydroxyl groups is 2. The molecule has 5 rings (SSSR count). The third kappa shape index (κ3) is 4.37. The molecule has 1 aliphatic carbocycles. The summed E-state index contributed by atoms with van der Waals surface area (Å²) in [6, 6.07) is 21.7. The van der Waals surface area contributed by atoms with Gasteiger partial charge in [-0.1, -0.05) is 60.1 Å². The Morgan fingerprint density at radius 2 is 1.44 bits per heavy atom. The highest BCUT2D eigenvalue weighted by Gasteiger charge is 2.47. The van der Waals surface area contributed by atoms with Crippen molar-refractivity contribution in [3.63, 3.8) is 0 Å². The lowest BCUT2D eigenvalue weighted by molar-refractivity contribution is -0.129. The van der Waals surface area contributed by atoms with Gasteiger partial charge in [0.1, 0.15) is 6.61 Å².